The predicted octanol–water partition coefficient (Wildman–Crippen LogP) is 4.41. The zero-order chi connectivity index (χ0) is 54.0. The molecule has 71 heavy (non-hydrogen) atoms. The van der Waals surface area contributed by atoms with Gasteiger partial charge >= 0.3 is 17.9 Å². The SMILES string of the molecule is CCCCCCCCCC[C@@H]1CC(=O)N[C@@H](CCC(=O)O)C(=O)N[C@@H](CC(C)C)C(=O)N[C@H](CC(C)C)C(=O)N[C@@H](C(C)C)C(=O)N[C@@H](CC(=O)O)C(=O)N[C@H](CC(C)C)C(=O)N[C@@H](CC(C)C)C(=O)O1. The van der Waals surface area contributed by atoms with Crippen LogP contribution < -0.4 is 37.2 Å². The third-order valence-corrected chi connectivity index (χ3v) is 12.0. The number of carbonyl (C=O) groups excluding carboxylic acids is 8. The number of amides is 7. The van der Waals surface area contributed by atoms with Crippen molar-refractivity contribution < 1.29 is 62.9 Å². The van der Waals surface area contributed by atoms with Crippen LogP contribution in [-0.4, -0.2) is 118 Å². The van der Waals surface area contributed by atoms with Gasteiger partial charge in [-0.25, -0.2) is 4.79 Å². The van der Waals surface area contributed by atoms with Crippen molar-refractivity contribution in [2.24, 2.45) is 29.6 Å². The lowest BCUT2D eigenvalue weighted by molar-refractivity contribution is -0.155. The second-order valence-corrected chi connectivity index (χ2v) is 21.2. The van der Waals surface area contributed by atoms with Gasteiger partial charge < -0.3 is 52.2 Å². The van der Waals surface area contributed by atoms with E-state index >= 15 is 0 Å². The van der Waals surface area contributed by atoms with Gasteiger partial charge in [-0.2, -0.15) is 0 Å². The van der Waals surface area contributed by atoms with Crippen LogP contribution in [0.25, 0.3) is 0 Å². The highest BCUT2D eigenvalue weighted by Crippen LogP contribution is 2.19. The third-order valence-electron chi connectivity index (χ3n) is 12.0. The second-order valence-electron chi connectivity index (χ2n) is 21.2. The Morgan fingerprint density at radius 2 is 0.873 bits per heavy atom. The number of esters is 1. The summed E-state index contributed by atoms with van der Waals surface area (Å²) in [6.07, 6.45) is 4.97. The van der Waals surface area contributed by atoms with Gasteiger partial charge in [0.05, 0.1) is 12.8 Å². The van der Waals surface area contributed by atoms with Crippen molar-refractivity contribution in [2.75, 3.05) is 0 Å². The van der Waals surface area contributed by atoms with Gasteiger partial charge in [0.1, 0.15) is 48.4 Å². The van der Waals surface area contributed by atoms with E-state index in [0.717, 1.165) is 44.9 Å². The minimum Gasteiger partial charge on any atom is -0.481 e. The highest BCUT2D eigenvalue weighted by Gasteiger charge is 2.37. The van der Waals surface area contributed by atoms with E-state index in [-0.39, 0.29) is 62.2 Å². The molecule has 406 valence electrons. The Hall–Kier alpha value is -5.30. The first-order chi connectivity index (χ1) is 33.2. The Bertz CT molecular complexity index is 1750. The predicted molar refractivity (Wildman–Crippen MR) is 267 cm³/mol. The molecule has 1 heterocycles. The van der Waals surface area contributed by atoms with E-state index in [2.05, 4.69) is 44.1 Å². The Morgan fingerprint density at radius 1 is 0.479 bits per heavy atom. The second kappa shape index (κ2) is 33.4. The number of carboxylic acid groups (broad SMARTS) is 2. The normalized spacial score (nSPS) is 24.3. The van der Waals surface area contributed by atoms with Gasteiger partial charge in [0.15, 0.2) is 0 Å². The zero-order valence-electron chi connectivity index (χ0n) is 44.4. The van der Waals surface area contributed by atoms with Crippen molar-refractivity contribution in [3.05, 3.63) is 0 Å². The highest BCUT2D eigenvalue weighted by atomic mass is 16.5. The lowest BCUT2D eigenvalue weighted by Crippen LogP contribution is -2.61. The molecule has 1 aliphatic heterocycles. The van der Waals surface area contributed by atoms with Gasteiger partial charge in [-0.1, -0.05) is 121 Å². The first-order valence-electron chi connectivity index (χ1n) is 26.0. The monoisotopic (exact) mass is 1010 g/mol. The minimum atomic E-state index is -1.72. The number of carboxylic acids is 2. The molecule has 1 fully saturated rings. The first-order valence-corrected chi connectivity index (χ1v) is 26.0. The van der Waals surface area contributed by atoms with Gasteiger partial charge in [-0.05, 0) is 74.5 Å². The maximum absolute atomic E-state index is 14.2. The van der Waals surface area contributed by atoms with Crippen LogP contribution >= 0.6 is 0 Å². The molecule has 8 atom stereocenters. The average molecular weight is 1010 g/mol. The molecule has 0 aliphatic carbocycles. The van der Waals surface area contributed by atoms with Crippen LogP contribution in [0.1, 0.15) is 185 Å². The molecule has 7 amide bonds. The maximum atomic E-state index is 14.2. The number of cyclic esters (lactones) is 1. The van der Waals surface area contributed by atoms with E-state index in [9.17, 15) is 58.2 Å². The quantitative estimate of drug-likeness (QED) is 0.0507. The van der Waals surface area contributed by atoms with Crippen molar-refractivity contribution >= 4 is 59.3 Å². The molecule has 1 rings (SSSR count). The summed E-state index contributed by atoms with van der Waals surface area (Å²) in [5, 5.41) is 37.8. The van der Waals surface area contributed by atoms with Gasteiger partial charge in [0.25, 0.3) is 0 Å². The fraction of sp³-hybridized carbons (Fsp3) is 0.804. The summed E-state index contributed by atoms with van der Waals surface area (Å²) >= 11 is 0. The van der Waals surface area contributed by atoms with Crippen molar-refractivity contribution in [1.82, 2.24) is 37.2 Å². The molecule has 20 heteroatoms. The Morgan fingerprint density at radius 3 is 1.31 bits per heavy atom. The largest absolute Gasteiger partial charge is 0.481 e. The van der Waals surface area contributed by atoms with Crippen molar-refractivity contribution in [1.29, 1.82) is 0 Å². The molecule has 1 saturated heterocycles. The average Bonchev–Trinajstić information content (AvgIpc) is 3.24. The topological polar surface area (TPSA) is 305 Å². The van der Waals surface area contributed by atoms with E-state index < -0.39 is 133 Å². The summed E-state index contributed by atoms with van der Waals surface area (Å²) in [7, 11) is 0. The van der Waals surface area contributed by atoms with Crippen LogP contribution in [0.4, 0.5) is 0 Å². The summed E-state index contributed by atoms with van der Waals surface area (Å²) in [4.78, 5) is 136. The number of carbonyl (C=O) groups is 10. The van der Waals surface area contributed by atoms with Crippen molar-refractivity contribution in [3.63, 3.8) is 0 Å². The van der Waals surface area contributed by atoms with Crippen molar-refractivity contribution in [3.8, 4) is 0 Å². The van der Waals surface area contributed by atoms with Crippen LogP contribution in [0.15, 0.2) is 0 Å². The van der Waals surface area contributed by atoms with E-state index in [1.165, 1.54) is 0 Å². The Balaban J connectivity index is 3.99. The molecule has 1 aliphatic rings. The van der Waals surface area contributed by atoms with Crippen LogP contribution in [0.3, 0.4) is 0 Å². The number of unbranched alkanes of at least 4 members (excludes halogenated alkanes) is 7. The highest BCUT2D eigenvalue weighted by molar-refractivity contribution is 5.98. The van der Waals surface area contributed by atoms with Gasteiger partial charge in [0, 0.05) is 6.42 Å². The van der Waals surface area contributed by atoms with Gasteiger partial charge in [0.2, 0.25) is 41.4 Å². The van der Waals surface area contributed by atoms with Crippen LogP contribution in [-0.2, 0) is 52.7 Å². The summed E-state index contributed by atoms with van der Waals surface area (Å²) in [5.74, 6) is -10.8. The number of aliphatic carboxylic acids is 2. The fourth-order valence-corrected chi connectivity index (χ4v) is 8.27. The molecular formula is C51H89N7O13. The van der Waals surface area contributed by atoms with E-state index in [4.69, 9.17) is 4.74 Å². The zero-order valence-corrected chi connectivity index (χ0v) is 44.4. The molecule has 0 radical (unpaired) electrons. The number of hydrogen-bond acceptors (Lipinski definition) is 11. The molecule has 0 spiro atoms. The lowest BCUT2D eigenvalue weighted by Gasteiger charge is -2.29. The van der Waals surface area contributed by atoms with Crippen LogP contribution in [0.5, 0.6) is 0 Å². The molecule has 0 unspecified atom stereocenters. The van der Waals surface area contributed by atoms with E-state index in [0.29, 0.717) is 6.42 Å². The van der Waals surface area contributed by atoms with Crippen LogP contribution in [0, 0.1) is 29.6 Å². The Kier molecular flexibility index (Phi) is 29.9. The van der Waals surface area contributed by atoms with E-state index in [1.807, 2.05) is 13.8 Å². The van der Waals surface area contributed by atoms with E-state index in [1.54, 1.807) is 55.4 Å². The Labute approximate surface area is 421 Å². The molecule has 20 nitrogen and oxygen atoms in total. The third kappa shape index (κ3) is 26.6. The molecule has 9 N–H and O–H groups in total. The molecule has 0 saturated carbocycles. The van der Waals surface area contributed by atoms with Crippen LogP contribution in [0.2, 0.25) is 0 Å². The van der Waals surface area contributed by atoms with Crippen molar-refractivity contribution in [2.45, 2.75) is 234 Å². The first kappa shape index (κ1) is 63.7. The molecule has 0 aromatic rings. The standard InChI is InChI=1S/C51H89N7O13/c1-12-13-14-15-16-17-18-19-20-34-27-41(59)52-35(21-22-42(60)61)45(64)53-36(23-29(2)3)46(65)55-38(25-31(6)7)49(68)58-44(33(10)11)50(69)56-39(28-43(62)63)48(67)54-37(24-30(4)5)47(66)57-40(26-32(8)9)51(70)71-34/h29-40,44H,12-28H2,1-11H3,(H,52,59)(H,53,64)(H,54,67)(H,55,65)(H,56,69)(H,57,66)(H,58,68)(H,60,61)(H,62,63)/t34-,35+,36+,37-,38-,39+,40+,44+/m1/s1. The smallest absolute Gasteiger partial charge is 0.328 e. The molecule has 0 aromatic heterocycles. The lowest BCUT2D eigenvalue weighted by atomic mass is 9.98. The number of rotatable bonds is 23. The van der Waals surface area contributed by atoms with Gasteiger partial charge in [-0.15, -0.1) is 0 Å². The van der Waals surface area contributed by atoms with Gasteiger partial charge in [-0.3, -0.25) is 43.2 Å². The summed E-state index contributed by atoms with van der Waals surface area (Å²) in [6.45, 7) is 19.8. The summed E-state index contributed by atoms with van der Waals surface area (Å²) in [6, 6.07) is -9.63. The maximum Gasteiger partial charge on any atom is 0.328 e. The summed E-state index contributed by atoms with van der Waals surface area (Å²) < 4.78 is 6.02. The minimum absolute atomic E-state index is 0.0400. The fourth-order valence-electron chi connectivity index (χ4n) is 8.27. The summed E-state index contributed by atoms with van der Waals surface area (Å²) in [5.41, 5.74) is 0. The number of nitrogens with one attached hydrogen (secondary N) is 7. The number of hydrogen-bond donors (Lipinski definition) is 9. The number of ether oxygens (including phenoxy) is 1. The molecule has 0 aromatic carbocycles. The molecule has 0 bridgehead atoms. The molecular weight excluding hydrogens is 919 g/mol.